The van der Waals surface area contributed by atoms with Gasteiger partial charge in [0.1, 0.15) is 11.4 Å². The smallest absolute Gasteiger partial charge is 0.339 e. The topological polar surface area (TPSA) is 108 Å². The van der Waals surface area contributed by atoms with Gasteiger partial charge >= 0.3 is 5.97 Å². The summed E-state index contributed by atoms with van der Waals surface area (Å²) in [5.74, 6) is -1.32. The zero-order valence-corrected chi connectivity index (χ0v) is 11.2. The van der Waals surface area contributed by atoms with Crippen LogP contribution in [0.3, 0.4) is 0 Å². The Morgan fingerprint density at radius 3 is 2.80 bits per heavy atom. The van der Waals surface area contributed by atoms with E-state index >= 15 is 0 Å². The molecular weight excluding hydrogens is 284 g/mol. The summed E-state index contributed by atoms with van der Waals surface area (Å²) in [6.45, 7) is 1.86. The number of aryl methyl sites for hydroxylation is 1. The van der Waals surface area contributed by atoms with Crippen molar-refractivity contribution in [2.24, 2.45) is 0 Å². The summed E-state index contributed by atoms with van der Waals surface area (Å²) < 4.78 is 0. The summed E-state index contributed by atoms with van der Waals surface area (Å²) in [6.07, 6.45) is 0.609. The number of nitrogens with one attached hydrogen (secondary N) is 2. The lowest BCUT2D eigenvalue weighted by Gasteiger charge is -2.07. The molecule has 1 heterocycles. The molecule has 0 radical (unpaired) electrons. The minimum atomic E-state index is -1.23. The van der Waals surface area contributed by atoms with Crippen molar-refractivity contribution in [1.82, 2.24) is 15.2 Å². The van der Waals surface area contributed by atoms with Crippen LogP contribution in [0.15, 0.2) is 18.2 Å². The number of aromatic carboxylic acids is 1. The molecular formula is C12H11ClN4O3. The van der Waals surface area contributed by atoms with Gasteiger partial charge in [-0.15, -0.1) is 5.10 Å². The molecule has 0 aliphatic heterocycles. The number of aromatic amines is 1. The summed E-state index contributed by atoms with van der Waals surface area (Å²) in [5.41, 5.74) is -0.0772. The number of hydrogen-bond donors (Lipinski definition) is 3. The van der Waals surface area contributed by atoms with Crippen LogP contribution in [-0.4, -0.2) is 32.2 Å². The molecule has 0 unspecified atom stereocenters. The number of amides is 1. The largest absolute Gasteiger partial charge is 0.478 e. The first-order chi connectivity index (χ1) is 9.52. The molecule has 1 aromatic carbocycles. The highest BCUT2D eigenvalue weighted by Gasteiger charge is 2.18. The Labute approximate surface area is 119 Å². The summed E-state index contributed by atoms with van der Waals surface area (Å²) in [7, 11) is 0. The van der Waals surface area contributed by atoms with Crippen LogP contribution in [0.5, 0.6) is 0 Å². The fraction of sp³-hybridized carbons (Fsp3) is 0.167. The van der Waals surface area contributed by atoms with E-state index in [4.69, 9.17) is 16.7 Å². The van der Waals surface area contributed by atoms with Crippen molar-refractivity contribution in [3.8, 4) is 0 Å². The lowest BCUT2D eigenvalue weighted by molar-refractivity contribution is 0.0698. The molecule has 1 amide bonds. The zero-order chi connectivity index (χ0) is 14.7. The first-order valence-corrected chi connectivity index (χ1v) is 6.15. The number of carboxylic acid groups (broad SMARTS) is 1. The number of carbonyl (C=O) groups is 2. The lowest BCUT2D eigenvalue weighted by atomic mass is 10.1. The molecule has 1 aromatic heterocycles. The fourth-order valence-corrected chi connectivity index (χ4v) is 1.83. The number of carbonyl (C=O) groups excluding carboxylic acids is 1. The molecule has 20 heavy (non-hydrogen) atoms. The van der Waals surface area contributed by atoms with Gasteiger partial charge in [0.25, 0.3) is 5.91 Å². The van der Waals surface area contributed by atoms with E-state index in [1.807, 2.05) is 6.92 Å². The zero-order valence-electron chi connectivity index (χ0n) is 10.5. The summed E-state index contributed by atoms with van der Waals surface area (Å²) in [4.78, 5) is 27.0. The van der Waals surface area contributed by atoms with Gasteiger partial charge < -0.3 is 10.4 Å². The third-order valence-electron chi connectivity index (χ3n) is 2.55. The van der Waals surface area contributed by atoms with Gasteiger partial charge in [-0.1, -0.05) is 24.6 Å². The molecule has 0 saturated heterocycles. The van der Waals surface area contributed by atoms with Crippen molar-refractivity contribution < 1.29 is 14.7 Å². The van der Waals surface area contributed by atoms with Gasteiger partial charge in [0.2, 0.25) is 5.82 Å². The lowest BCUT2D eigenvalue weighted by Crippen LogP contribution is -2.16. The number of carboxylic acids is 1. The van der Waals surface area contributed by atoms with Crippen molar-refractivity contribution >= 4 is 29.2 Å². The number of aromatic nitrogens is 3. The molecule has 2 aromatic rings. The number of halogens is 1. The Kier molecular flexibility index (Phi) is 3.99. The maximum atomic E-state index is 11.9. The van der Waals surface area contributed by atoms with Gasteiger partial charge in [-0.3, -0.25) is 9.89 Å². The average Bonchev–Trinajstić information content (AvgIpc) is 2.87. The van der Waals surface area contributed by atoms with Gasteiger partial charge in [-0.05, 0) is 12.1 Å². The first kappa shape index (κ1) is 14.0. The Hall–Kier alpha value is -2.41. The average molecular weight is 295 g/mol. The summed E-state index contributed by atoms with van der Waals surface area (Å²) >= 11 is 5.81. The molecule has 2 rings (SSSR count). The third kappa shape index (κ3) is 2.77. The van der Waals surface area contributed by atoms with Gasteiger partial charge in [0, 0.05) is 6.42 Å². The van der Waals surface area contributed by atoms with E-state index < -0.39 is 11.9 Å². The van der Waals surface area contributed by atoms with E-state index in [1.165, 1.54) is 12.1 Å². The van der Waals surface area contributed by atoms with Gasteiger partial charge in [-0.2, -0.15) is 0 Å². The standard InChI is InChI=1S/C12H11ClN4O3/c1-2-8-15-10(17-16-8)11(18)14-7-5-3-4-6(13)9(7)12(19)20/h3-5H,2H2,1H3,(H,14,18)(H,19,20)(H,15,16,17). The minimum Gasteiger partial charge on any atom is -0.478 e. The molecule has 0 aliphatic carbocycles. The van der Waals surface area contributed by atoms with Crippen LogP contribution < -0.4 is 5.32 Å². The second kappa shape index (κ2) is 5.70. The molecule has 3 N–H and O–H groups in total. The number of rotatable bonds is 4. The van der Waals surface area contributed by atoms with Crippen LogP contribution in [0.4, 0.5) is 5.69 Å². The van der Waals surface area contributed by atoms with E-state index in [-0.39, 0.29) is 22.1 Å². The van der Waals surface area contributed by atoms with Crippen LogP contribution in [-0.2, 0) is 6.42 Å². The number of hydrogen-bond acceptors (Lipinski definition) is 4. The van der Waals surface area contributed by atoms with Crippen molar-refractivity contribution in [2.75, 3.05) is 5.32 Å². The van der Waals surface area contributed by atoms with E-state index in [2.05, 4.69) is 20.5 Å². The Balaban J connectivity index is 2.28. The van der Waals surface area contributed by atoms with Crippen LogP contribution in [0.2, 0.25) is 5.02 Å². The maximum Gasteiger partial charge on any atom is 0.339 e. The van der Waals surface area contributed by atoms with E-state index in [9.17, 15) is 9.59 Å². The monoisotopic (exact) mass is 294 g/mol. The summed E-state index contributed by atoms with van der Waals surface area (Å²) in [6, 6.07) is 4.42. The molecule has 0 spiro atoms. The third-order valence-corrected chi connectivity index (χ3v) is 2.86. The SMILES string of the molecule is CCc1nc(C(=O)Nc2cccc(Cl)c2C(=O)O)n[nH]1. The van der Waals surface area contributed by atoms with E-state index in [0.29, 0.717) is 12.2 Å². The fourth-order valence-electron chi connectivity index (χ4n) is 1.58. The van der Waals surface area contributed by atoms with Crippen LogP contribution in [0.25, 0.3) is 0 Å². The van der Waals surface area contributed by atoms with Crippen LogP contribution in [0, 0.1) is 0 Å². The van der Waals surface area contributed by atoms with Crippen molar-refractivity contribution in [1.29, 1.82) is 0 Å². The number of anilines is 1. The van der Waals surface area contributed by atoms with Crippen LogP contribution in [0.1, 0.15) is 33.7 Å². The maximum absolute atomic E-state index is 11.9. The Morgan fingerprint density at radius 1 is 1.45 bits per heavy atom. The number of benzene rings is 1. The minimum absolute atomic E-state index is 0.0412. The molecule has 104 valence electrons. The van der Waals surface area contributed by atoms with Gasteiger partial charge in [0.15, 0.2) is 0 Å². The quantitative estimate of drug-likeness (QED) is 0.799. The molecule has 7 nitrogen and oxygen atoms in total. The van der Waals surface area contributed by atoms with Crippen molar-refractivity contribution in [2.45, 2.75) is 13.3 Å². The highest BCUT2D eigenvalue weighted by atomic mass is 35.5. The normalized spacial score (nSPS) is 10.3. The van der Waals surface area contributed by atoms with Gasteiger partial charge in [-0.25, -0.2) is 9.78 Å². The van der Waals surface area contributed by atoms with Crippen LogP contribution >= 0.6 is 11.6 Å². The molecule has 0 atom stereocenters. The van der Waals surface area contributed by atoms with E-state index in [1.54, 1.807) is 6.07 Å². The van der Waals surface area contributed by atoms with E-state index in [0.717, 1.165) is 0 Å². The number of H-pyrrole nitrogens is 1. The molecule has 0 bridgehead atoms. The molecule has 0 aliphatic rings. The number of nitrogens with zero attached hydrogens (tertiary/aromatic N) is 2. The van der Waals surface area contributed by atoms with Crippen molar-refractivity contribution in [3.63, 3.8) is 0 Å². The molecule has 8 heteroatoms. The highest BCUT2D eigenvalue weighted by Crippen LogP contribution is 2.24. The predicted molar refractivity (Wildman–Crippen MR) is 72.1 cm³/mol. The summed E-state index contributed by atoms with van der Waals surface area (Å²) in [5, 5.41) is 17.9. The molecule has 0 saturated carbocycles. The Morgan fingerprint density at radius 2 is 2.20 bits per heavy atom. The Bertz CT molecular complexity index is 668. The highest BCUT2D eigenvalue weighted by molar-refractivity contribution is 6.34. The van der Waals surface area contributed by atoms with Crippen molar-refractivity contribution in [3.05, 3.63) is 40.4 Å². The predicted octanol–water partition coefficient (Wildman–Crippen LogP) is 1.97. The molecule has 0 fully saturated rings. The second-order valence-corrected chi connectivity index (χ2v) is 4.29. The van der Waals surface area contributed by atoms with Gasteiger partial charge in [0.05, 0.1) is 10.7 Å². The first-order valence-electron chi connectivity index (χ1n) is 5.77. The second-order valence-electron chi connectivity index (χ2n) is 3.88.